The van der Waals surface area contributed by atoms with E-state index in [-0.39, 0.29) is 5.91 Å². The first-order valence-corrected chi connectivity index (χ1v) is 13.5. The fourth-order valence-corrected chi connectivity index (χ4v) is 5.31. The van der Waals surface area contributed by atoms with E-state index in [2.05, 4.69) is 20.5 Å². The molecule has 0 spiro atoms. The van der Waals surface area contributed by atoms with Crippen LogP contribution in [0.4, 0.5) is 20.4 Å². The Bertz CT molecular complexity index is 1120. The van der Waals surface area contributed by atoms with E-state index in [9.17, 15) is 24.6 Å². The summed E-state index contributed by atoms with van der Waals surface area (Å²) >= 11 is 1.47. The van der Waals surface area contributed by atoms with Gasteiger partial charge >= 0.3 is 12.2 Å². The van der Waals surface area contributed by atoms with Crippen LogP contribution in [0, 0.1) is 0 Å². The Kier molecular flexibility index (Phi) is 10.3. The number of nitrogens with one attached hydrogen (secondary N) is 2. The quantitative estimate of drug-likeness (QED) is 0.290. The van der Waals surface area contributed by atoms with Gasteiger partial charge in [0.15, 0.2) is 11.4 Å². The van der Waals surface area contributed by atoms with E-state index in [1.807, 2.05) is 38.4 Å². The number of nitrogens with zero attached hydrogens (tertiary/aromatic N) is 4. The number of hydrogen-bond acceptors (Lipinski definition) is 7. The van der Waals surface area contributed by atoms with Crippen molar-refractivity contribution in [3.8, 4) is 0 Å². The monoisotopic (exact) mass is 562 g/mol. The summed E-state index contributed by atoms with van der Waals surface area (Å²) in [6.07, 6.45) is -2.24. The van der Waals surface area contributed by atoms with Gasteiger partial charge in [-0.05, 0) is 86.2 Å². The fraction of sp³-hybridized carbons (Fsp3) is 0.556. The number of amides is 3. The molecule has 3 amide bonds. The molecule has 11 nitrogen and oxygen atoms in total. The highest BCUT2D eigenvalue weighted by Crippen LogP contribution is 2.28. The van der Waals surface area contributed by atoms with Crippen molar-refractivity contribution in [2.24, 2.45) is 0 Å². The van der Waals surface area contributed by atoms with Crippen molar-refractivity contribution in [2.75, 3.05) is 24.7 Å². The molecule has 0 aliphatic rings. The van der Waals surface area contributed by atoms with E-state index < -0.39 is 29.6 Å². The van der Waals surface area contributed by atoms with E-state index >= 15 is 0 Å². The average molecular weight is 563 g/mol. The van der Waals surface area contributed by atoms with Crippen molar-refractivity contribution in [3.63, 3.8) is 0 Å². The van der Waals surface area contributed by atoms with Gasteiger partial charge in [-0.25, -0.2) is 14.6 Å². The standard InChI is InChI=1S/C27H42N6O5S/c1-17(34)28-22-30-20(21(39-22)16-31(8)9)15-12-18-10-13-19(14-11-18)29-23(32(24(35)36)26(2,3)4)33(25(37)38)27(5,6)7/h10-11,13-14,23,29H,12,15-16H2,1-9H3,(H,35,36)(H,37,38)(H,28,30,34). The Hall–Kier alpha value is -3.38. The van der Waals surface area contributed by atoms with Crippen molar-refractivity contribution in [2.45, 2.75) is 85.2 Å². The van der Waals surface area contributed by atoms with E-state index in [1.54, 1.807) is 41.5 Å². The Morgan fingerprint density at radius 2 is 1.44 bits per heavy atom. The molecule has 216 valence electrons. The maximum atomic E-state index is 12.3. The van der Waals surface area contributed by atoms with Gasteiger partial charge in [-0.15, -0.1) is 11.3 Å². The van der Waals surface area contributed by atoms with Gasteiger partial charge in [0.1, 0.15) is 0 Å². The highest BCUT2D eigenvalue weighted by molar-refractivity contribution is 7.15. The third-order valence-corrected chi connectivity index (χ3v) is 6.77. The third-order valence-electron chi connectivity index (χ3n) is 5.77. The number of benzene rings is 1. The van der Waals surface area contributed by atoms with Gasteiger partial charge in [0.25, 0.3) is 0 Å². The molecule has 0 aliphatic carbocycles. The average Bonchev–Trinajstić information content (AvgIpc) is 3.10. The minimum absolute atomic E-state index is 0.158. The van der Waals surface area contributed by atoms with Crippen LogP contribution in [0.3, 0.4) is 0 Å². The molecule has 2 aromatic rings. The molecule has 2 rings (SSSR count). The summed E-state index contributed by atoms with van der Waals surface area (Å²) < 4.78 is 0. The number of thiazole rings is 1. The second-order valence-electron chi connectivity index (χ2n) is 11.7. The summed E-state index contributed by atoms with van der Waals surface area (Å²) in [5.41, 5.74) is 0.805. The van der Waals surface area contributed by atoms with Crippen LogP contribution in [0.15, 0.2) is 24.3 Å². The first kappa shape index (κ1) is 31.8. The zero-order valence-corrected chi connectivity index (χ0v) is 25.1. The van der Waals surface area contributed by atoms with Crippen LogP contribution in [-0.2, 0) is 24.2 Å². The Labute approximate surface area is 234 Å². The molecule has 4 N–H and O–H groups in total. The molecule has 0 saturated heterocycles. The highest BCUT2D eigenvalue weighted by atomic mass is 32.1. The first-order chi connectivity index (χ1) is 17.9. The molecule has 1 aromatic heterocycles. The predicted molar refractivity (Wildman–Crippen MR) is 154 cm³/mol. The normalized spacial score (nSPS) is 12.0. The number of rotatable bonds is 10. The summed E-state index contributed by atoms with van der Waals surface area (Å²) in [6.45, 7) is 12.5. The van der Waals surface area contributed by atoms with Crippen LogP contribution < -0.4 is 10.6 Å². The SMILES string of the molecule is CC(=O)Nc1nc(CCc2ccc(NC(N(C(=O)O)C(C)(C)C)N(C(=O)O)C(C)(C)C)cc2)c(CN(C)C)s1. The topological polar surface area (TPSA) is 138 Å². The minimum Gasteiger partial charge on any atom is -0.465 e. The van der Waals surface area contributed by atoms with Crippen LogP contribution in [-0.4, -0.2) is 79.5 Å². The number of anilines is 2. The molecule has 0 fully saturated rings. The van der Waals surface area contributed by atoms with Crippen LogP contribution in [0.2, 0.25) is 0 Å². The van der Waals surface area contributed by atoms with Gasteiger partial charge in [0.2, 0.25) is 5.91 Å². The molecular formula is C27H42N6O5S. The van der Waals surface area contributed by atoms with Crippen LogP contribution >= 0.6 is 11.3 Å². The largest absolute Gasteiger partial charge is 0.465 e. The van der Waals surface area contributed by atoms with Gasteiger partial charge < -0.3 is 25.7 Å². The van der Waals surface area contributed by atoms with Crippen LogP contribution in [0.5, 0.6) is 0 Å². The van der Waals surface area contributed by atoms with Crippen molar-refractivity contribution < 1.29 is 24.6 Å². The summed E-state index contributed by atoms with van der Waals surface area (Å²) in [7, 11) is 3.97. The molecule has 1 aromatic carbocycles. The van der Waals surface area contributed by atoms with Gasteiger partial charge in [-0.1, -0.05) is 12.1 Å². The lowest BCUT2D eigenvalue weighted by molar-refractivity contribution is -0.114. The highest BCUT2D eigenvalue weighted by Gasteiger charge is 2.43. The number of carbonyl (C=O) groups excluding carboxylic acids is 1. The van der Waals surface area contributed by atoms with Gasteiger partial charge in [0.05, 0.1) is 5.69 Å². The smallest absolute Gasteiger partial charge is 0.410 e. The van der Waals surface area contributed by atoms with Crippen molar-refractivity contribution >= 4 is 40.2 Å². The number of carboxylic acid groups (broad SMARTS) is 2. The number of aromatic nitrogens is 1. The van der Waals surface area contributed by atoms with Crippen molar-refractivity contribution in [1.82, 2.24) is 19.7 Å². The van der Waals surface area contributed by atoms with E-state index in [0.717, 1.165) is 32.5 Å². The van der Waals surface area contributed by atoms with Crippen molar-refractivity contribution in [1.29, 1.82) is 0 Å². The lowest BCUT2D eigenvalue weighted by Gasteiger charge is -2.48. The summed E-state index contributed by atoms with van der Waals surface area (Å²) in [5, 5.41) is 26.6. The Morgan fingerprint density at radius 3 is 1.85 bits per heavy atom. The molecule has 0 saturated carbocycles. The number of aryl methyl sites for hydroxylation is 2. The zero-order valence-electron chi connectivity index (χ0n) is 24.3. The summed E-state index contributed by atoms with van der Waals surface area (Å²) in [6, 6.07) is 7.49. The van der Waals surface area contributed by atoms with E-state index in [4.69, 9.17) is 0 Å². The number of carbonyl (C=O) groups is 3. The predicted octanol–water partition coefficient (Wildman–Crippen LogP) is 5.20. The van der Waals surface area contributed by atoms with Gasteiger partial charge in [-0.2, -0.15) is 0 Å². The van der Waals surface area contributed by atoms with Gasteiger partial charge in [-0.3, -0.25) is 14.6 Å². The molecule has 0 atom stereocenters. The molecule has 39 heavy (non-hydrogen) atoms. The molecule has 0 aliphatic heterocycles. The fourth-order valence-electron chi connectivity index (χ4n) is 4.13. The zero-order chi connectivity index (χ0) is 29.7. The Balaban J connectivity index is 2.29. The summed E-state index contributed by atoms with van der Waals surface area (Å²) in [4.78, 5) is 46.1. The lowest BCUT2D eigenvalue weighted by atomic mass is 10.0. The number of hydrogen-bond donors (Lipinski definition) is 4. The summed E-state index contributed by atoms with van der Waals surface area (Å²) in [5.74, 6) is -0.158. The molecule has 0 unspecified atom stereocenters. The molecule has 12 heteroatoms. The molecule has 0 bridgehead atoms. The molecule has 1 heterocycles. The van der Waals surface area contributed by atoms with Crippen molar-refractivity contribution in [3.05, 3.63) is 40.4 Å². The maximum absolute atomic E-state index is 12.3. The van der Waals surface area contributed by atoms with Crippen LogP contribution in [0.25, 0.3) is 0 Å². The second-order valence-corrected chi connectivity index (χ2v) is 12.8. The minimum atomic E-state index is -1.23. The second kappa shape index (κ2) is 12.6. The van der Waals surface area contributed by atoms with E-state index in [1.165, 1.54) is 18.3 Å². The van der Waals surface area contributed by atoms with Crippen LogP contribution in [0.1, 0.15) is 64.6 Å². The van der Waals surface area contributed by atoms with Gasteiger partial charge in [0, 0.05) is 35.1 Å². The van der Waals surface area contributed by atoms with E-state index in [0.29, 0.717) is 23.7 Å². The molecular weight excluding hydrogens is 520 g/mol. The lowest BCUT2D eigenvalue weighted by Crippen LogP contribution is -2.66. The molecule has 0 radical (unpaired) electrons. The Morgan fingerprint density at radius 1 is 0.923 bits per heavy atom. The first-order valence-electron chi connectivity index (χ1n) is 12.7. The maximum Gasteiger partial charge on any atom is 0.410 e. The third kappa shape index (κ3) is 9.10.